The third kappa shape index (κ3) is 3.02. The molecular formula is C8H12N2O. The van der Waals surface area contributed by atoms with E-state index in [1.54, 1.807) is 19.1 Å². The first-order valence-corrected chi connectivity index (χ1v) is 3.40. The molecular weight excluding hydrogens is 140 g/mol. The number of nitrogens with two attached hydrogens (primary N) is 2. The van der Waals surface area contributed by atoms with Crippen molar-refractivity contribution < 1.29 is 4.74 Å². The van der Waals surface area contributed by atoms with Gasteiger partial charge in [-0.15, -0.1) is 0 Å². The van der Waals surface area contributed by atoms with Crippen LogP contribution in [0.4, 0.5) is 0 Å². The molecule has 0 spiro atoms. The molecule has 3 heteroatoms. The van der Waals surface area contributed by atoms with Crippen LogP contribution >= 0.6 is 0 Å². The van der Waals surface area contributed by atoms with Gasteiger partial charge in [0, 0.05) is 6.92 Å². The van der Waals surface area contributed by atoms with Crippen LogP contribution in [0, 0.1) is 0 Å². The molecule has 0 fully saturated rings. The Kier molecular flexibility index (Phi) is 2.12. The summed E-state index contributed by atoms with van der Waals surface area (Å²) >= 11 is 0. The zero-order valence-electron chi connectivity index (χ0n) is 6.45. The Bertz CT molecular complexity index is 215. The van der Waals surface area contributed by atoms with Crippen LogP contribution in [-0.4, -0.2) is 5.85 Å². The van der Waals surface area contributed by atoms with Crippen LogP contribution in [0.2, 0.25) is 0 Å². The summed E-state index contributed by atoms with van der Waals surface area (Å²) in [5, 5.41) is 0. The maximum atomic E-state index is 5.42. The van der Waals surface area contributed by atoms with Crippen molar-refractivity contribution in [3.8, 4) is 5.75 Å². The van der Waals surface area contributed by atoms with E-state index >= 15 is 0 Å². The molecule has 0 radical (unpaired) electrons. The van der Waals surface area contributed by atoms with Crippen molar-refractivity contribution in [3.05, 3.63) is 30.3 Å². The molecule has 3 nitrogen and oxygen atoms in total. The second kappa shape index (κ2) is 2.90. The molecule has 0 aliphatic heterocycles. The van der Waals surface area contributed by atoms with Gasteiger partial charge in [-0.05, 0) is 12.1 Å². The zero-order valence-corrected chi connectivity index (χ0v) is 6.45. The van der Waals surface area contributed by atoms with Gasteiger partial charge in [-0.3, -0.25) is 11.5 Å². The molecule has 0 unspecified atom stereocenters. The molecule has 4 N–H and O–H groups in total. The Labute approximate surface area is 66.0 Å². The third-order valence-electron chi connectivity index (χ3n) is 1.08. The summed E-state index contributed by atoms with van der Waals surface area (Å²) in [5.41, 5.74) is 10.8. The fourth-order valence-electron chi connectivity index (χ4n) is 0.742. The van der Waals surface area contributed by atoms with Gasteiger partial charge in [0.05, 0.1) is 0 Å². The van der Waals surface area contributed by atoms with Crippen molar-refractivity contribution in [2.24, 2.45) is 11.5 Å². The lowest BCUT2D eigenvalue weighted by molar-refractivity contribution is 0.104. The molecule has 0 aliphatic rings. The molecule has 0 aliphatic carbocycles. The van der Waals surface area contributed by atoms with Crippen LogP contribution in [0.1, 0.15) is 6.92 Å². The molecule has 0 atom stereocenters. The summed E-state index contributed by atoms with van der Waals surface area (Å²) in [7, 11) is 0. The first-order chi connectivity index (χ1) is 5.08. The van der Waals surface area contributed by atoms with Gasteiger partial charge < -0.3 is 4.74 Å². The smallest absolute Gasteiger partial charge is 0.209 e. The maximum Gasteiger partial charge on any atom is 0.209 e. The Morgan fingerprint density at radius 1 is 1.18 bits per heavy atom. The molecule has 0 bridgehead atoms. The zero-order chi connectivity index (χ0) is 8.32. The molecule has 0 amide bonds. The van der Waals surface area contributed by atoms with Crippen LogP contribution < -0.4 is 16.2 Å². The highest BCUT2D eigenvalue weighted by Crippen LogP contribution is 2.10. The standard InChI is InChI=1S/C8H12N2O/c1-8(9,10)11-7-5-3-2-4-6-7/h2-6H,9-10H2,1H3. The summed E-state index contributed by atoms with van der Waals surface area (Å²) in [5.74, 6) is -0.415. The van der Waals surface area contributed by atoms with Crippen LogP contribution in [0.3, 0.4) is 0 Å². The van der Waals surface area contributed by atoms with Crippen molar-refractivity contribution in [1.29, 1.82) is 0 Å². The third-order valence-corrected chi connectivity index (χ3v) is 1.08. The predicted octanol–water partition coefficient (Wildman–Crippen LogP) is 0.656. The van der Waals surface area contributed by atoms with Gasteiger partial charge in [0.2, 0.25) is 5.85 Å². The summed E-state index contributed by atoms with van der Waals surface area (Å²) in [6.07, 6.45) is 0. The summed E-state index contributed by atoms with van der Waals surface area (Å²) in [6, 6.07) is 9.23. The van der Waals surface area contributed by atoms with Crippen molar-refractivity contribution in [2.45, 2.75) is 12.8 Å². The normalized spacial score (nSPS) is 11.2. The largest absolute Gasteiger partial charge is 0.460 e. The monoisotopic (exact) mass is 152 g/mol. The summed E-state index contributed by atoms with van der Waals surface area (Å²) < 4.78 is 5.16. The molecule has 0 aromatic heterocycles. The molecule has 60 valence electrons. The number of para-hydroxylation sites is 1. The Morgan fingerprint density at radius 2 is 1.73 bits per heavy atom. The number of benzene rings is 1. The number of hydrogen-bond donors (Lipinski definition) is 2. The van der Waals surface area contributed by atoms with E-state index in [-0.39, 0.29) is 0 Å². The topological polar surface area (TPSA) is 61.3 Å². The van der Waals surface area contributed by atoms with Crippen molar-refractivity contribution in [2.75, 3.05) is 0 Å². The molecule has 0 saturated heterocycles. The van der Waals surface area contributed by atoms with E-state index in [0.29, 0.717) is 5.75 Å². The molecule has 1 aromatic carbocycles. The van der Waals surface area contributed by atoms with Gasteiger partial charge in [0.25, 0.3) is 0 Å². The second-order valence-electron chi connectivity index (χ2n) is 2.60. The van der Waals surface area contributed by atoms with Crippen molar-refractivity contribution in [3.63, 3.8) is 0 Å². The fourth-order valence-corrected chi connectivity index (χ4v) is 0.742. The van der Waals surface area contributed by atoms with Gasteiger partial charge in [0.1, 0.15) is 5.75 Å². The Balaban J connectivity index is 2.66. The van der Waals surface area contributed by atoms with E-state index in [4.69, 9.17) is 16.2 Å². The van der Waals surface area contributed by atoms with Crippen LogP contribution in [-0.2, 0) is 0 Å². The SMILES string of the molecule is CC(N)(N)Oc1ccccc1. The lowest BCUT2D eigenvalue weighted by atomic mass is 10.3. The highest BCUT2D eigenvalue weighted by molar-refractivity contribution is 5.21. The average Bonchev–Trinajstić information content (AvgIpc) is 1.85. The first-order valence-electron chi connectivity index (χ1n) is 3.40. The number of hydrogen-bond acceptors (Lipinski definition) is 3. The van der Waals surface area contributed by atoms with E-state index in [1.807, 2.05) is 18.2 Å². The summed E-state index contributed by atoms with van der Waals surface area (Å²) in [6.45, 7) is 1.60. The fraction of sp³-hybridized carbons (Fsp3) is 0.250. The van der Waals surface area contributed by atoms with Crippen molar-refractivity contribution >= 4 is 0 Å². The van der Waals surface area contributed by atoms with Crippen LogP contribution in [0.25, 0.3) is 0 Å². The summed E-state index contributed by atoms with van der Waals surface area (Å²) in [4.78, 5) is 0. The number of rotatable bonds is 2. The maximum absolute atomic E-state index is 5.42. The molecule has 0 saturated carbocycles. The molecule has 0 heterocycles. The Hall–Kier alpha value is -1.06. The van der Waals surface area contributed by atoms with Crippen LogP contribution in [0.5, 0.6) is 5.75 Å². The van der Waals surface area contributed by atoms with E-state index in [2.05, 4.69) is 0 Å². The van der Waals surface area contributed by atoms with Gasteiger partial charge in [0.15, 0.2) is 0 Å². The minimum absolute atomic E-state index is 0.681. The highest BCUT2D eigenvalue weighted by Gasteiger charge is 2.11. The predicted molar refractivity (Wildman–Crippen MR) is 43.8 cm³/mol. The molecule has 11 heavy (non-hydrogen) atoms. The minimum atomic E-state index is -1.10. The first kappa shape index (κ1) is 8.04. The van der Waals surface area contributed by atoms with Gasteiger partial charge in [-0.2, -0.15) is 0 Å². The lowest BCUT2D eigenvalue weighted by Crippen LogP contribution is -2.51. The Morgan fingerprint density at radius 3 is 2.18 bits per heavy atom. The van der Waals surface area contributed by atoms with E-state index in [9.17, 15) is 0 Å². The van der Waals surface area contributed by atoms with Crippen LogP contribution in [0.15, 0.2) is 30.3 Å². The highest BCUT2D eigenvalue weighted by atomic mass is 16.5. The van der Waals surface area contributed by atoms with Crippen molar-refractivity contribution in [1.82, 2.24) is 0 Å². The van der Waals surface area contributed by atoms with Gasteiger partial charge in [-0.1, -0.05) is 18.2 Å². The molecule has 1 rings (SSSR count). The van der Waals surface area contributed by atoms with E-state index in [1.165, 1.54) is 0 Å². The van der Waals surface area contributed by atoms with Gasteiger partial charge >= 0.3 is 0 Å². The van der Waals surface area contributed by atoms with Gasteiger partial charge in [-0.25, -0.2) is 0 Å². The minimum Gasteiger partial charge on any atom is -0.460 e. The lowest BCUT2D eigenvalue weighted by Gasteiger charge is -2.20. The molecule has 1 aromatic rings. The average molecular weight is 152 g/mol. The quantitative estimate of drug-likeness (QED) is 0.612. The second-order valence-corrected chi connectivity index (χ2v) is 2.60. The number of ether oxygens (including phenoxy) is 1. The van der Waals surface area contributed by atoms with E-state index < -0.39 is 5.85 Å². The van der Waals surface area contributed by atoms with E-state index in [0.717, 1.165) is 0 Å².